The van der Waals surface area contributed by atoms with Crippen LogP contribution in [0.25, 0.3) is 0 Å². The molecule has 3 rings (SSSR count). The quantitative estimate of drug-likeness (QED) is 0.902. The van der Waals surface area contributed by atoms with Gasteiger partial charge in [-0.25, -0.2) is 0 Å². The second kappa shape index (κ2) is 4.95. The molecule has 0 saturated carbocycles. The van der Waals surface area contributed by atoms with Crippen LogP contribution in [0.1, 0.15) is 36.8 Å². The van der Waals surface area contributed by atoms with E-state index in [2.05, 4.69) is 42.4 Å². The molecule has 1 N–H and O–H groups in total. The largest absolute Gasteiger partial charge is 0.316 e. The van der Waals surface area contributed by atoms with Crippen LogP contribution >= 0.6 is 11.3 Å². The monoisotopic (exact) mass is 264 g/mol. The predicted octanol–water partition coefficient (Wildman–Crippen LogP) is 3.05. The van der Waals surface area contributed by atoms with Crippen LogP contribution in [0, 0.1) is 18.8 Å². The Morgan fingerprint density at radius 3 is 3.00 bits per heavy atom. The minimum atomic E-state index is 0.598. The summed E-state index contributed by atoms with van der Waals surface area (Å²) in [6.07, 6.45) is 1.29. The van der Waals surface area contributed by atoms with Crippen molar-refractivity contribution >= 4 is 11.3 Å². The molecule has 1 aromatic heterocycles. The Hall–Kier alpha value is -0.380. The summed E-state index contributed by atoms with van der Waals surface area (Å²) >= 11 is 1.93. The molecule has 2 fully saturated rings. The summed E-state index contributed by atoms with van der Waals surface area (Å²) in [5.74, 6) is 1.77. The van der Waals surface area contributed by atoms with Crippen molar-refractivity contribution in [2.75, 3.05) is 19.6 Å². The first-order valence-corrected chi connectivity index (χ1v) is 8.10. The van der Waals surface area contributed by atoms with Crippen molar-refractivity contribution in [1.29, 1.82) is 0 Å². The Bertz CT molecular complexity index is 414. The number of hydrogen-bond donors (Lipinski definition) is 1. The summed E-state index contributed by atoms with van der Waals surface area (Å²) in [6.45, 7) is 10.8. The zero-order valence-corrected chi connectivity index (χ0v) is 12.5. The first-order chi connectivity index (χ1) is 8.72. The lowest BCUT2D eigenvalue weighted by Gasteiger charge is -2.32. The normalized spacial score (nSPS) is 33.8. The Balaban J connectivity index is 1.82. The fraction of sp³-hybridized carbons (Fsp3) is 0.733. The maximum absolute atomic E-state index is 3.57. The van der Waals surface area contributed by atoms with Gasteiger partial charge in [0.1, 0.15) is 0 Å². The second-order valence-corrected chi connectivity index (χ2v) is 6.85. The molecular weight excluding hydrogens is 240 g/mol. The van der Waals surface area contributed by atoms with Gasteiger partial charge in [0, 0.05) is 23.5 Å². The number of nitrogens with zero attached hydrogens (tertiary/aromatic N) is 1. The van der Waals surface area contributed by atoms with E-state index in [9.17, 15) is 0 Å². The molecule has 1 aromatic rings. The molecule has 2 saturated heterocycles. The van der Waals surface area contributed by atoms with Crippen molar-refractivity contribution in [1.82, 2.24) is 10.2 Å². The standard InChI is InChI=1S/C15H24N2S/c1-4-14-13-8-16-7-12(13)9-17(14)11(3)15-10(2)5-6-18-15/h5-6,11-14,16H,4,7-9H2,1-3H3. The molecule has 2 aliphatic rings. The zero-order chi connectivity index (χ0) is 12.7. The Kier molecular flexibility index (Phi) is 3.48. The first kappa shape index (κ1) is 12.6. The van der Waals surface area contributed by atoms with Gasteiger partial charge in [0.25, 0.3) is 0 Å². The molecule has 100 valence electrons. The van der Waals surface area contributed by atoms with Gasteiger partial charge in [0.2, 0.25) is 0 Å². The number of thiophene rings is 1. The molecule has 2 nitrogen and oxygen atoms in total. The summed E-state index contributed by atoms with van der Waals surface area (Å²) in [7, 11) is 0. The number of fused-ring (bicyclic) bond motifs is 1. The highest BCUT2D eigenvalue weighted by atomic mass is 32.1. The molecule has 0 aromatic carbocycles. The van der Waals surface area contributed by atoms with Crippen molar-refractivity contribution < 1.29 is 0 Å². The highest BCUT2D eigenvalue weighted by Crippen LogP contribution is 2.40. The highest BCUT2D eigenvalue weighted by molar-refractivity contribution is 7.10. The molecule has 4 unspecified atom stereocenters. The maximum Gasteiger partial charge on any atom is 0.0419 e. The number of aryl methyl sites for hydroxylation is 1. The second-order valence-electron chi connectivity index (χ2n) is 5.90. The van der Waals surface area contributed by atoms with Crippen LogP contribution in [-0.2, 0) is 0 Å². The van der Waals surface area contributed by atoms with Crippen LogP contribution in [0.5, 0.6) is 0 Å². The third-order valence-electron chi connectivity index (χ3n) is 4.95. The van der Waals surface area contributed by atoms with Gasteiger partial charge in [0.05, 0.1) is 0 Å². The summed E-state index contributed by atoms with van der Waals surface area (Å²) in [6, 6.07) is 3.64. The molecule has 0 spiro atoms. The van der Waals surface area contributed by atoms with Crippen LogP contribution < -0.4 is 5.32 Å². The lowest BCUT2D eigenvalue weighted by Crippen LogP contribution is -2.36. The molecule has 0 aliphatic carbocycles. The minimum Gasteiger partial charge on any atom is -0.316 e. The van der Waals surface area contributed by atoms with E-state index in [1.165, 1.54) is 31.6 Å². The number of likely N-dealkylation sites (tertiary alicyclic amines) is 1. The van der Waals surface area contributed by atoms with Crippen molar-refractivity contribution in [2.24, 2.45) is 11.8 Å². The predicted molar refractivity (Wildman–Crippen MR) is 78.1 cm³/mol. The van der Waals surface area contributed by atoms with Gasteiger partial charge in [-0.1, -0.05) is 6.92 Å². The first-order valence-electron chi connectivity index (χ1n) is 7.22. The van der Waals surface area contributed by atoms with Crippen LogP contribution in [0.4, 0.5) is 0 Å². The van der Waals surface area contributed by atoms with Crippen LogP contribution in [-0.4, -0.2) is 30.6 Å². The van der Waals surface area contributed by atoms with E-state index < -0.39 is 0 Å². The van der Waals surface area contributed by atoms with E-state index in [1.807, 2.05) is 11.3 Å². The molecule has 2 aliphatic heterocycles. The third kappa shape index (κ3) is 1.93. The van der Waals surface area contributed by atoms with Crippen molar-refractivity contribution in [2.45, 2.75) is 39.3 Å². The number of hydrogen-bond acceptors (Lipinski definition) is 3. The molecule has 4 atom stereocenters. The van der Waals surface area contributed by atoms with Gasteiger partial charge in [0.15, 0.2) is 0 Å². The fourth-order valence-corrected chi connectivity index (χ4v) is 5.01. The number of nitrogens with one attached hydrogen (secondary N) is 1. The summed E-state index contributed by atoms with van der Waals surface area (Å²) in [5.41, 5.74) is 1.47. The fourth-order valence-electron chi connectivity index (χ4n) is 4.00. The zero-order valence-electron chi connectivity index (χ0n) is 11.6. The maximum atomic E-state index is 3.57. The summed E-state index contributed by atoms with van der Waals surface area (Å²) in [5, 5.41) is 5.81. The average molecular weight is 264 g/mol. The third-order valence-corrected chi connectivity index (χ3v) is 6.14. The molecule has 3 heteroatoms. The van der Waals surface area contributed by atoms with E-state index >= 15 is 0 Å². The van der Waals surface area contributed by atoms with E-state index in [-0.39, 0.29) is 0 Å². The van der Waals surface area contributed by atoms with Gasteiger partial charge >= 0.3 is 0 Å². The van der Waals surface area contributed by atoms with E-state index in [4.69, 9.17) is 0 Å². The van der Waals surface area contributed by atoms with Gasteiger partial charge in [-0.15, -0.1) is 11.3 Å². The average Bonchev–Trinajstić information content (AvgIpc) is 3.01. The molecule has 0 bridgehead atoms. The van der Waals surface area contributed by atoms with E-state index in [0.29, 0.717) is 6.04 Å². The molecule has 0 radical (unpaired) electrons. The van der Waals surface area contributed by atoms with Crippen molar-refractivity contribution in [3.63, 3.8) is 0 Å². The SMILES string of the molecule is CCC1C2CNCC2CN1C(C)c1sccc1C. The van der Waals surface area contributed by atoms with Gasteiger partial charge in [-0.2, -0.15) is 0 Å². The lowest BCUT2D eigenvalue weighted by atomic mass is 9.92. The van der Waals surface area contributed by atoms with E-state index in [0.717, 1.165) is 17.9 Å². The topological polar surface area (TPSA) is 15.3 Å². The van der Waals surface area contributed by atoms with Crippen LogP contribution in [0.2, 0.25) is 0 Å². The smallest absolute Gasteiger partial charge is 0.0419 e. The van der Waals surface area contributed by atoms with Gasteiger partial charge < -0.3 is 5.32 Å². The van der Waals surface area contributed by atoms with Gasteiger partial charge in [-0.05, 0) is 62.2 Å². The molecule has 0 amide bonds. The highest BCUT2D eigenvalue weighted by Gasteiger charge is 2.45. The minimum absolute atomic E-state index is 0.598. The van der Waals surface area contributed by atoms with Crippen LogP contribution in [0.15, 0.2) is 11.4 Å². The van der Waals surface area contributed by atoms with Crippen LogP contribution in [0.3, 0.4) is 0 Å². The summed E-state index contributed by atoms with van der Waals surface area (Å²) < 4.78 is 0. The molecule has 18 heavy (non-hydrogen) atoms. The lowest BCUT2D eigenvalue weighted by molar-refractivity contribution is 0.167. The van der Waals surface area contributed by atoms with Crippen molar-refractivity contribution in [3.8, 4) is 0 Å². The molecular formula is C15H24N2S. The number of rotatable bonds is 3. The Morgan fingerprint density at radius 1 is 1.50 bits per heavy atom. The Labute approximate surface area is 114 Å². The van der Waals surface area contributed by atoms with E-state index in [1.54, 1.807) is 4.88 Å². The van der Waals surface area contributed by atoms with Gasteiger partial charge in [-0.3, -0.25) is 4.90 Å². The van der Waals surface area contributed by atoms with Crippen molar-refractivity contribution in [3.05, 3.63) is 21.9 Å². The Morgan fingerprint density at radius 2 is 2.33 bits per heavy atom. The molecule has 3 heterocycles. The summed E-state index contributed by atoms with van der Waals surface area (Å²) in [4.78, 5) is 4.34.